The summed E-state index contributed by atoms with van der Waals surface area (Å²) in [5.41, 5.74) is 9.65. The Morgan fingerprint density at radius 3 is 3.00 bits per heavy atom. The third-order valence-electron chi connectivity index (χ3n) is 1.78. The van der Waals surface area contributed by atoms with Crippen LogP contribution in [0.5, 0.6) is 0 Å². The highest BCUT2D eigenvalue weighted by Crippen LogP contribution is 2.23. The molecule has 0 amide bonds. The van der Waals surface area contributed by atoms with E-state index in [4.69, 9.17) is 9.95 Å². The van der Waals surface area contributed by atoms with Crippen LogP contribution >= 0.6 is 0 Å². The van der Waals surface area contributed by atoms with Crippen molar-refractivity contribution < 1.29 is 4.42 Å². The molecule has 0 N–H and O–H groups in total. The first kappa shape index (κ1) is 7.71. The molecule has 0 bridgehead atoms. The summed E-state index contributed by atoms with van der Waals surface area (Å²) >= 11 is 0. The number of furan rings is 1. The molecule has 0 aliphatic carbocycles. The van der Waals surface area contributed by atoms with Gasteiger partial charge in [0.25, 0.3) is 0 Å². The SMILES string of the molecule is Cc1cc2cc(N=[N+]=[N-])ccc2o1. The predicted octanol–water partition coefficient (Wildman–Crippen LogP) is 3.68. The lowest BCUT2D eigenvalue weighted by molar-refractivity contribution is 0.578. The van der Waals surface area contributed by atoms with Crippen molar-refractivity contribution in [2.45, 2.75) is 6.92 Å². The molecule has 0 saturated heterocycles. The maximum absolute atomic E-state index is 8.23. The second-order valence-electron chi connectivity index (χ2n) is 2.77. The van der Waals surface area contributed by atoms with Gasteiger partial charge in [0.15, 0.2) is 0 Å². The van der Waals surface area contributed by atoms with Crippen molar-refractivity contribution in [3.05, 3.63) is 40.5 Å². The Kier molecular flexibility index (Phi) is 1.69. The van der Waals surface area contributed by atoms with Gasteiger partial charge in [0.1, 0.15) is 11.3 Å². The van der Waals surface area contributed by atoms with Gasteiger partial charge < -0.3 is 4.42 Å². The molecule has 1 aromatic heterocycles. The zero-order valence-corrected chi connectivity index (χ0v) is 7.06. The van der Waals surface area contributed by atoms with E-state index >= 15 is 0 Å². The van der Waals surface area contributed by atoms with Crippen molar-refractivity contribution in [2.75, 3.05) is 0 Å². The van der Waals surface area contributed by atoms with Crippen LogP contribution in [-0.2, 0) is 0 Å². The lowest BCUT2D eigenvalue weighted by Crippen LogP contribution is -1.62. The van der Waals surface area contributed by atoms with Crippen LogP contribution in [0.25, 0.3) is 21.4 Å². The van der Waals surface area contributed by atoms with Crippen molar-refractivity contribution in [1.29, 1.82) is 0 Å². The van der Waals surface area contributed by atoms with Crippen LogP contribution in [0.3, 0.4) is 0 Å². The van der Waals surface area contributed by atoms with Crippen LogP contribution in [0.2, 0.25) is 0 Å². The van der Waals surface area contributed by atoms with E-state index in [-0.39, 0.29) is 0 Å². The molecule has 0 fully saturated rings. The van der Waals surface area contributed by atoms with Crippen LogP contribution in [-0.4, -0.2) is 0 Å². The molecule has 0 unspecified atom stereocenters. The van der Waals surface area contributed by atoms with E-state index in [1.54, 1.807) is 18.2 Å². The summed E-state index contributed by atoms with van der Waals surface area (Å²) in [6.45, 7) is 1.88. The zero-order valence-electron chi connectivity index (χ0n) is 7.06. The molecule has 0 saturated carbocycles. The Morgan fingerprint density at radius 2 is 2.23 bits per heavy atom. The summed E-state index contributed by atoms with van der Waals surface area (Å²) < 4.78 is 5.37. The molecule has 2 aromatic rings. The fourth-order valence-corrected chi connectivity index (χ4v) is 1.28. The molecule has 1 aromatic carbocycles. The fraction of sp³-hybridized carbons (Fsp3) is 0.111. The number of rotatable bonds is 1. The number of aryl methyl sites for hydroxylation is 1. The quantitative estimate of drug-likeness (QED) is 0.368. The third-order valence-corrected chi connectivity index (χ3v) is 1.78. The average molecular weight is 173 g/mol. The van der Waals surface area contributed by atoms with Gasteiger partial charge in [-0.25, -0.2) is 0 Å². The molecule has 0 spiro atoms. The number of hydrogen-bond donors (Lipinski definition) is 0. The lowest BCUT2D eigenvalue weighted by atomic mass is 10.2. The Hall–Kier alpha value is -1.93. The maximum atomic E-state index is 8.23. The molecule has 4 heteroatoms. The van der Waals surface area contributed by atoms with E-state index in [1.165, 1.54) is 0 Å². The number of benzene rings is 1. The average Bonchev–Trinajstić information content (AvgIpc) is 2.44. The van der Waals surface area contributed by atoms with E-state index in [0.717, 1.165) is 16.7 Å². The molecular formula is C9H7N3O. The molecule has 1 heterocycles. The van der Waals surface area contributed by atoms with Crippen molar-refractivity contribution in [2.24, 2.45) is 5.11 Å². The van der Waals surface area contributed by atoms with Crippen molar-refractivity contribution in [3.8, 4) is 0 Å². The molecule has 0 atom stereocenters. The first-order valence-corrected chi connectivity index (χ1v) is 3.85. The third kappa shape index (κ3) is 1.35. The fourth-order valence-electron chi connectivity index (χ4n) is 1.28. The maximum Gasteiger partial charge on any atom is 0.134 e. The van der Waals surface area contributed by atoms with Gasteiger partial charge in [-0.3, -0.25) is 0 Å². The van der Waals surface area contributed by atoms with Gasteiger partial charge in [0.05, 0.1) is 0 Å². The van der Waals surface area contributed by atoms with Gasteiger partial charge in [-0.15, -0.1) is 0 Å². The van der Waals surface area contributed by atoms with Crippen molar-refractivity contribution in [3.63, 3.8) is 0 Å². The second-order valence-corrected chi connectivity index (χ2v) is 2.77. The summed E-state index contributed by atoms with van der Waals surface area (Å²) in [6, 6.07) is 7.23. The van der Waals surface area contributed by atoms with E-state index < -0.39 is 0 Å². The first-order valence-electron chi connectivity index (χ1n) is 3.85. The highest BCUT2D eigenvalue weighted by molar-refractivity contribution is 5.81. The van der Waals surface area contributed by atoms with Gasteiger partial charge in [-0.05, 0) is 36.7 Å². The molecule has 64 valence electrons. The van der Waals surface area contributed by atoms with E-state index in [0.29, 0.717) is 5.69 Å². The normalized spacial score (nSPS) is 9.92. The summed E-state index contributed by atoms with van der Waals surface area (Å²) in [5.74, 6) is 0.855. The van der Waals surface area contributed by atoms with Crippen LogP contribution in [0.1, 0.15) is 5.76 Å². The molecule has 0 aliphatic heterocycles. The molecule has 0 aliphatic rings. The van der Waals surface area contributed by atoms with Crippen molar-refractivity contribution in [1.82, 2.24) is 0 Å². The number of nitrogens with zero attached hydrogens (tertiary/aromatic N) is 3. The Labute approximate surface area is 74.4 Å². The summed E-state index contributed by atoms with van der Waals surface area (Å²) in [5, 5.41) is 4.47. The highest BCUT2D eigenvalue weighted by atomic mass is 16.3. The number of fused-ring (bicyclic) bond motifs is 1. The van der Waals surface area contributed by atoms with Crippen LogP contribution in [0, 0.1) is 6.92 Å². The van der Waals surface area contributed by atoms with Gasteiger partial charge in [-0.1, -0.05) is 5.11 Å². The summed E-state index contributed by atoms with van der Waals surface area (Å²) in [7, 11) is 0. The number of hydrogen-bond acceptors (Lipinski definition) is 2. The largest absolute Gasteiger partial charge is 0.461 e. The Bertz CT molecular complexity index is 495. The Morgan fingerprint density at radius 1 is 1.38 bits per heavy atom. The van der Waals surface area contributed by atoms with Crippen LogP contribution in [0.4, 0.5) is 5.69 Å². The Balaban J connectivity index is 2.67. The zero-order chi connectivity index (χ0) is 9.26. The lowest BCUT2D eigenvalue weighted by Gasteiger charge is -1.89. The number of azide groups is 1. The van der Waals surface area contributed by atoms with Crippen LogP contribution in [0.15, 0.2) is 33.8 Å². The van der Waals surface area contributed by atoms with Gasteiger partial charge in [0.2, 0.25) is 0 Å². The molecular weight excluding hydrogens is 166 g/mol. The minimum absolute atomic E-state index is 0.607. The van der Waals surface area contributed by atoms with Gasteiger partial charge >= 0.3 is 0 Å². The highest BCUT2D eigenvalue weighted by Gasteiger charge is 1.99. The molecule has 2 rings (SSSR count). The minimum atomic E-state index is 0.607. The minimum Gasteiger partial charge on any atom is -0.461 e. The second kappa shape index (κ2) is 2.84. The first-order chi connectivity index (χ1) is 6.29. The van der Waals surface area contributed by atoms with E-state index in [9.17, 15) is 0 Å². The topological polar surface area (TPSA) is 61.9 Å². The monoisotopic (exact) mass is 173 g/mol. The van der Waals surface area contributed by atoms with Gasteiger partial charge in [0, 0.05) is 16.0 Å². The van der Waals surface area contributed by atoms with E-state index in [1.807, 2.05) is 13.0 Å². The van der Waals surface area contributed by atoms with Crippen molar-refractivity contribution >= 4 is 16.7 Å². The molecule has 0 radical (unpaired) electrons. The summed E-state index contributed by atoms with van der Waals surface area (Å²) in [4.78, 5) is 2.71. The van der Waals surface area contributed by atoms with Gasteiger partial charge in [-0.2, -0.15) is 0 Å². The summed E-state index contributed by atoms with van der Waals surface area (Å²) in [6.07, 6.45) is 0. The molecule has 13 heavy (non-hydrogen) atoms. The van der Waals surface area contributed by atoms with Crippen LogP contribution < -0.4 is 0 Å². The smallest absolute Gasteiger partial charge is 0.134 e. The standard InChI is InChI=1S/C9H7N3O/c1-6-4-7-5-8(11-12-10)2-3-9(7)13-6/h2-5H,1H3. The van der Waals surface area contributed by atoms with E-state index in [2.05, 4.69) is 10.0 Å². The predicted molar refractivity (Wildman–Crippen MR) is 49.8 cm³/mol. The molecule has 4 nitrogen and oxygen atoms in total.